The van der Waals surface area contributed by atoms with Crippen molar-refractivity contribution in [2.24, 2.45) is 11.8 Å². The fraction of sp³-hybridized carbons (Fsp3) is 0.478. The minimum Gasteiger partial charge on any atom is -0.494 e. The highest BCUT2D eigenvalue weighted by Gasteiger charge is 2.35. The van der Waals surface area contributed by atoms with Crippen LogP contribution in [0, 0.1) is 11.8 Å². The lowest BCUT2D eigenvalue weighted by atomic mass is 9.91. The number of nitrogens with one attached hydrogen (secondary N) is 3. The highest BCUT2D eigenvalue weighted by atomic mass is 16.5. The Hall–Kier alpha value is -3.36. The second-order valence-electron chi connectivity index (χ2n) is 8.75. The van der Waals surface area contributed by atoms with Crippen LogP contribution in [0.5, 0.6) is 5.75 Å². The zero-order valence-corrected chi connectivity index (χ0v) is 18.6. The number of piperidine rings is 1. The van der Waals surface area contributed by atoms with Crippen LogP contribution < -0.4 is 25.8 Å². The number of carbonyl (C=O) groups excluding carboxylic acids is 2. The van der Waals surface area contributed by atoms with E-state index in [4.69, 9.17) is 4.74 Å². The first-order chi connectivity index (χ1) is 15.3. The third-order valence-corrected chi connectivity index (χ3v) is 5.86. The summed E-state index contributed by atoms with van der Waals surface area (Å²) in [6, 6.07) is 6.94. The third kappa shape index (κ3) is 4.61. The number of aromatic nitrogens is 2. The van der Waals surface area contributed by atoms with Crippen molar-refractivity contribution in [2.45, 2.75) is 39.5 Å². The van der Waals surface area contributed by atoms with E-state index in [1.807, 2.05) is 11.8 Å². The first-order valence-electron chi connectivity index (χ1n) is 11.1. The van der Waals surface area contributed by atoms with Gasteiger partial charge in [0.2, 0.25) is 17.8 Å². The lowest BCUT2D eigenvalue weighted by Gasteiger charge is -2.35. The van der Waals surface area contributed by atoms with Gasteiger partial charge in [0.1, 0.15) is 11.6 Å². The number of aromatic amines is 1. The monoisotopic (exact) mass is 439 g/mol. The third-order valence-electron chi connectivity index (χ3n) is 5.86. The first-order valence-corrected chi connectivity index (χ1v) is 11.1. The van der Waals surface area contributed by atoms with E-state index < -0.39 is 17.4 Å². The van der Waals surface area contributed by atoms with Crippen molar-refractivity contribution in [3.05, 3.63) is 40.2 Å². The molecule has 1 aromatic carbocycles. The second-order valence-corrected chi connectivity index (χ2v) is 8.75. The van der Waals surface area contributed by atoms with Gasteiger partial charge in [-0.2, -0.15) is 4.98 Å². The van der Waals surface area contributed by atoms with Crippen molar-refractivity contribution in [2.75, 3.05) is 35.2 Å². The van der Waals surface area contributed by atoms with E-state index in [0.29, 0.717) is 35.8 Å². The highest BCUT2D eigenvalue weighted by molar-refractivity contribution is 6.04. The molecule has 0 bridgehead atoms. The maximum atomic E-state index is 13.0. The number of nitrogens with zero attached hydrogens (tertiary/aromatic N) is 2. The van der Waals surface area contributed by atoms with Gasteiger partial charge in [0, 0.05) is 25.2 Å². The number of amides is 2. The maximum absolute atomic E-state index is 13.0. The Labute approximate surface area is 186 Å². The molecule has 2 aromatic rings. The van der Waals surface area contributed by atoms with E-state index in [1.54, 1.807) is 24.3 Å². The topological polar surface area (TPSA) is 116 Å². The van der Waals surface area contributed by atoms with Crippen molar-refractivity contribution in [1.82, 2.24) is 9.97 Å². The van der Waals surface area contributed by atoms with E-state index in [2.05, 4.69) is 34.4 Å². The molecular formula is C23H29N5O4. The van der Waals surface area contributed by atoms with Crippen LogP contribution in [0.4, 0.5) is 17.5 Å². The predicted octanol–water partition coefficient (Wildman–Crippen LogP) is 2.72. The summed E-state index contributed by atoms with van der Waals surface area (Å²) in [7, 11) is 0. The lowest BCUT2D eigenvalue weighted by molar-refractivity contribution is -0.123. The van der Waals surface area contributed by atoms with Crippen LogP contribution in [0.2, 0.25) is 0 Å². The van der Waals surface area contributed by atoms with Gasteiger partial charge in [0.05, 0.1) is 18.1 Å². The Bertz CT molecular complexity index is 1060. The van der Waals surface area contributed by atoms with Crippen LogP contribution in [0.25, 0.3) is 0 Å². The molecule has 3 unspecified atom stereocenters. The Kier molecular flexibility index (Phi) is 6.16. The summed E-state index contributed by atoms with van der Waals surface area (Å²) in [5.74, 6) is 0.555. The molecule has 170 valence electrons. The van der Waals surface area contributed by atoms with Crippen LogP contribution in [-0.4, -0.2) is 41.5 Å². The van der Waals surface area contributed by atoms with Crippen molar-refractivity contribution in [3.63, 3.8) is 0 Å². The molecule has 2 aliphatic rings. The summed E-state index contributed by atoms with van der Waals surface area (Å²) in [6.45, 7) is 8.34. The number of rotatable bonds is 5. The molecule has 3 N–H and O–H groups in total. The van der Waals surface area contributed by atoms with Crippen LogP contribution in [0.15, 0.2) is 29.1 Å². The van der Waals surface area contributed by atoms with Gasteiger partial charge in [-0.05, 0) is 49.4 Å². The summed E-state index contributed by atoms with van der Waals surface area (Å²) >= 11 is 0. The molecule has 0 aliphatic carbocycles. The molecule has 0 spiro atoms. The fourth-order valence-electron chi connectivity index (χ4n) is 4.60. The van der Waals surface area contributed by atoms with Crippen molar-refractivity contribution in [3.8, 4) is 5.75 Å². The van der Waals surface area contributed by atoms with Crippen molar-refractivity contribution < 1.29 is 14.3 Å². The summed E-state index contributed by atoms with van der Waals surface area (Å²) in [6.07, 6.45) is 1.01. The smallest absolute Gasteiger partial charge is 0.258 e. The van der Waals surface area contributed by atoms with Crippen molar-refractivity contribution in [1.29, 1.82) is 0 Å². The quantitative estimate of drug-likeness (QED) is 0.660. The largest absolute Gasteiger partial charge is 0.494 e. The van der Waals surface area contributed by atoms with Crippen LogP contribution >= 0.6 is 0 Å². The van der Waals surface area contributed by atoms with E-state index in [1.165, 1.54) is 0 Å². The maximum Gasteiger partial charge on any atom is 0.258 e. The average molecular weight is 440 g/mol. The standard InChI is InChI=1S/C23H29N5O4/c1-4-32-16-7-5-15(6-8-16)24-21(30)17-10-18(29)25-20-19(17)22(31)27-23(26-20)28-11-13(2)9-14(3)12-28/h5-8,13-14,17H,4,9-12H2,1-3H3,(H,24,30)(H2,25,26,27,29,31). The summed E-state index contributed by atoms with van der Waals surface area (Å²) in [5.41, 5.74) is 0.348. The minimum absolute atomic E-state index is 0.113. The lowest BCUT2D eigenvalue weighted by Crippen LogP contribution is -2.42. The second kappa shape index (κ2) is 9.02. The molecule has 0 saturated carbocycles. The molecule has 0 radical (unpaired) electrons. The van der Waals surface area contributed by atoms with Crippen LogP contribution in [0.3, 0.4) is 0 Å². The van der Waals surface area contributed by atoms with E-state index in [9.17, 15) is 14.4 Å². The van der Waals surface area contributed by atoms with E-state index in [-0.39, 0.29) is 23.7 Å². The van der Waals surface area contributed by atoms with E-state index in [0.717, 1.165) is 19.5 Å². The molecule has 3 atom stereocenters. The van der Waals surface area contributed by atoms with Gasteiger partial charge in [-0.1, -0.05) is 13.8 Å². The molecule has 2 amide bonds. The molecule has 2 aliphatic heterocycles. The van der Waals surface area contributed by atoms with Crippen molar-refractivity contribution >= 4 is 29.3 Å². The normalized spacial score (nSPS) is 22.7. The number of carbonyl (C=O) groups is 2. The van der Waals surface area contributed by atoms with Gasteiger partial charge in [-0.25, -0.2) is 0 Å². The van der Waals surface area contributed by atoms with Gasteiger partial charge in [-0.3, -0.25) is 19.4 Å². The van der Waals surface area contributed by atoms with Crippen LogP contribution in [0.1, 0.15) is 45.1 Å². The fourth-order valence-corrected chi connectivity index (χ4v) is 4.60. The molecule has 1 fully saturated rings. The molecular weight excluding hydrogens is 410 g/mol. The number of hydrogen-bond donors (Lipinski definition) is 3. The number of anilines is 3. The summed E-state index contributed by atoms with van der Waals surface area (Å²) in [4.78, 5) is 47.8. The molecule has 9 heteroatoms. The molecule has 1 saturated heterocycles. The van der Waals surface area contributed by atoms with Gasteiger partial charge in [-0.15, -0.1) is 0 Å². The number of ether oxygens (including phenoxy) is 1. The minimum atomic E-state index is -0.921. The predicted molar refractivity (Wildman–Crippen MR) is 122 cm³/mol. The number of fused-ring (bicyclic) bond motifs is 1. The number of hydrogen-bond acceptors (Lipinski definition) is 6. The average Bonchev–Trinajstić information content (AvgIpc) is 2.73. The number of benzene rings is 1. The van der Waals surface area contributed by atoms with Crippen LogP contribution in [-0.2, 0) is 9.59 Å². The summed E-state index contributed by atoms with van der Waals surface area (Å²) in [5, 5.41) is 5.47. The Morgan fingerprint density at radius 3 is 2.53 bits per heavy atom. The Morgan fingerprint density at radius 2 is 1.88 bits per heavy atom. The van der Waals surface area contributed by atoms with Gasteiger partial charge in [0.25, 0.3) is 5.56 Å². The van der Waals surface area contributed by atoms with Gasteiger partial charge < -0.3 is 20.3 Å². The molecule has 3 heterocycles. The summed E-state index contributed by atoms with van der Waals surface area (Å²) < 4.78 is 5.41. The zero-order valence-electron chi connectivity index (χ0n) is 18.6. The number of H-pyrrole nitrogens is 1. The molecule has 9 nitrogen and oxygen atoms in total. The Morgan fingerprint density at radius 1 is 1.19 bits per heavy atom. The highest BCUT2D eigenvalue weighted by Crippen LogP contribution is 2.31. The van der Waals surface area contributed by atoms with Gasteiger partial charge >= 0.3 is 0 Å². The molecule has 4 rings (SSSR count). The SMILES string of the molecule is CCOc1ccc(NC(=O)C2CC(=O)Nc3nc(N4CC(C)CC(C)C4)[nH]c(=O)c32)cc1. The molecule has 32 heavy (non-hydrogen) atoms. The Balaban J connectivity index is 1.59. The zero-order chi connectivity index (χ0) is 22.8. The molecule has 1 aromatic heterocycles. The van der Waals surface area contributed by atoms with E-state index >= 15 is 0 Å². The first kappa shape index (κ1) is 21.9. The van der Waals surface area contributed by atoms with Gasteiger partial charge in [0.15, 0.2) is 0 Å².